The average Bonchev–Trinajstić information content (AvgIpc) is 3.58. The highest BCUT2D eigenvalue weighted by molar-refractivity contribution is 5.82. The molecule has 1 atom stereocenters. The molecule has 0 spiro atoms. The van der Waals surface area contributed by atoms with Crippen LogP contribution in [0.3, 0.4) is 0 Å². The summed E-state index contributed by atoms with van der Waals surface area (Å²) in [6.45, 7) is 3.60. The van der Waals surface area contributed by atoms with E-state index in [4.69, 9.17) is 4.52 Å². The van der Waals surface area contributed by atoms with Crippen LogP contribution in [0.1, 0.15) is 24.5 Å². The van der Waals surface area contributed by atoms with Gasteiger partial charge in [-0.1, -0.05) is 5.16 Å². The third kappa shape index (κ3) is 3.39. The molecule has 0 unspecified atom stereocenters. The Morgan fingerprint density at radius 1 is 1.06 bits per heavy atom. The summed E-state index contributed by atoms with van der Waals surface area (Å²) in [4.78, 5) is 17.9. The lowest BCUT2D eigenvalue weighted by Gasteiger charge is -2.15. The first-order valence-corrected chi connectivity index (χ1v) is 10.9. The molecule has 6 heterocycles. The minimum atomic E-state index is -0.557. The zero-order chi connectivity index (χ0) is 24.3. The molecule has 11 heteroatoms. The zero-order valence-electron chi connectivity index (χ0n) is 19.0. The maximum atomic E-state index is 14.8. The molecular formula is C24H19FN8O2. The van der Waals surface area contributed by atoms with Crippen LogP contribution in [0, 0.1) is 12.7 Å². The SMILES string of the molecule is Cc1cc(-c2cc(F)c3nnc([C@H](C)n4ccc5ncc(-c6cnn(C)c6)cc5c4=O)n3c2)on1. The molecule has 0 N–H and O–H groups in total. The summed E-state index contributed by atoms with van der Waals surface area (Å²) in [6.07, 6.45) is 8.63. The van der Waals surface area contributed by atoms with Crippen molar-refractivity contribution in [1.29, 1.82) is 0 Å². The molecule has 6 aromatic heterocycles. The normalized spacial score (nSPS) is 12.6. The standard InChI is InChI=1S/C24H19FN8O2/c1-13-6-21(35-30-13)16-8-19(25)23-29-28-22(33(23)12-16)14(2)32-5-4-20-18(24(32)34)7-15(9-26-20)17-10-27-31(3)11-17/h4-12,14H,1-3H3/t14-/m0/s1. The summed E-state index contributed by atoms with van der Waals surface area (Å²) in [5.74, 6) is 0.265. The molecule has 35 heavy (non-hydrogen) atoms. The van der Waals surface area contributed by atoms with Crippen molar-refractivity contribution in [1.82, 2.24) is 39.1 Å². The van der Waals surface area contributed by atoms with Crippen molar-refractivity contribution >= 4 is 16.6 Å². The Balaban J connectivity index is 1.47. The summed E-state index contributed by atoms with van der Waals surface area (Å²) in [5, 5.41) is 16.7. The van der Waals surface area contributed by atoms with Crippen molar-refractivity contribution in [2.45, 2.75) is 19.9 Å². The van der Waals surface area contributed by atoms with E-state index in [0.717, 1.165) is 11.1 Å². The second-order valence-corrected chi connectivity index (χ2v) is 8.42. The summed E-state index contributed by atoms with van der Waals surface area (Å²) in [7, 11) is 1.83. The van der Waals surface area contributed by atoms with Gasteiger partial charge in [0, 0.05) is 54.6 Å². The maximum Gasteiger partial charge on any atom is 0.260 e. The number of aryl methyl sites for hydroxylation is 2. The average molecular weight is 470 g/mol. The largest absolute Gasteiger partial charge is 0.356 e. The number of halogens is 1. The van der Waals surface area contributed by atoms with Gasteiger partial charge in [-0.3, -0.25) is 18.9 Å². The maximum absolute atomic E-state index is 14.8. The molecule has 0 aliphatic rings. The number of hydrogen-bond donors (Lipinski definition) is 0. The lowest BCUT2D eigenvalue weighted by molar-refractivity contribution is 0.426. The molecule has 174 valence electrons. The van der Waals surface area contributed by atoms with E-state index in [0.29, 0.717) is 33.7 Å². The van der Waals surface area contributed by atoms with E-state index in [-0.39, 0.29) is 11.2 Å². The Bertz CT molecular complexity index is 1790. The summed E-state index contributed by atoms with van der Waals surface area (Å²) < 4.78 is 24.9. The second-order valence-electron chi connectivity index (χ2n) is 8.42. The Hall–Kier alpha value is -4.67. The smallest absolute Gasteiger partial charge is 0.260 e. The van der Waals surface area contributed by atoms with Crippen LogP contribution in [0.2, 0.25) is 0 Å². The van der Waals surface area contributed by atoms with Gasteiger partial charge >= 0.3 is 0 Å². The minimum Gasteiger partial charge on any atom is -0.356 e. The molecular weight excluding hydrogens is 451 g/mol. The molecule has 0 saturated heterocycles. The van der Waals surface area contributed by atoms with Crippen LogP contribution in [-0.4, -0.2) is 39.1 Å². The fourth-order valence-corrected chi connectivity index (χ4v) is 4.18. The topological polar surface area (TPSA) is 109 Å². The second kappa shape index (κ2) is 7.69. The molecule has 0 fully saturated rings. The summed E-state index contributed by atoms with van der Waals surface area (Å²) in [6, 6.07) is 6.07. The molecule has 6 rings (SSSR count). The third-order valence-corrected chi connectivity index (χ3v) is 6.00. The van der Waals surface area contributed by atoms with Gasteiger partial charge < -0.3 is 9.09 Å². The lowest BCUT2D eigenvalue weighted by atomic mass is 10.1. The Morgan fingerprint density at radius 2 is 1.91 bits per heavy atom. The highest BCUT2D eigenvalue weighted by atomic mass is 19.1. The molecule has 0 aliphatic carbocycles. The first kappa shape index (κ1) is 20.9. The van der Waals surface area contributed by atoms with Gasteiger partial charge in [0.15, 0.2) is 23.0 Å². The molecule has 0 aliphatic heterocycles. The van der Waals surface area contributed by atoms with Gasteiger partial charge in [0.05, 0.1) is 28.8 Å². The predicted octanol–water partition coefficient (Wildman–Crippen LogP) is 3.55. The van der Waals surface area contributed by atoms with Crippen LogP contribution in [0.15, 0.2) is 64.6 Å². The van der Waals surface area contributed by atoms with Crippen LogP contribution >= 0.6 is 0 Å². The van der Waals surface area contributed by atoms with Crippen molar-refractivity contribution in [2.24, 2.45) is 7.05 Å². The quantitative estimate of drug-likeness (QED) is 0.388. The van der Waals surface area contributed by atoms with Gasteiger partial charge in [-0.05, 0) is 32.0 Å². The number of aromatic nitrogens is 8. The Kier molecular flexibility index (Phi) is 4.59. The third-order valence-electron chi connectivity index (χ3n) is 6.00. The van der Waals surface area contributed by atoms with E-state index in [2.05, 4.69) is 25.4 Å². The number of nitrogens with zero attached hydrogens (tertiary/aromatic N) is 8. The fourth-order valence-electron chi connectivity index (χ4n) is 4.18. The lowest BCUT2D eigenvalue weighted by Crippen LogP contribution is -2.25. The monoisotopic (exact) mass is 470 g/mol. The highest BCUT2D eigenvalue weighted by Gasteiger charge is 2.21. The van der Waals surface area contributed by atoms with Crippen LogP contribution in [0.4, 0.5) is 4.39 Å². The van der Waals surface area contributed by atoms with Crippen LogP contribution in [0.5, 0.6) is 0 Å². The predicted molar refractivity (Wildman–Crippen MR) is 125 cm³/mol. The molecule has 0 saturated carbocycles. The Morgan fingerprint density at radius 3 is 2.66 bits per heavy atom. The first-order chi connectivity index (χ1) is 16.9. The molecule has 6 aromatic rings. The molecule has 0 bridgehead atoms. The van der Waals surface area contributed by atoms with E-state index in [9.17, 15) is 9.18 Å². The van der Waals surface area contributed by atoms with Crippen molar-refractivity contribution < 1.29 is 8.91 Å². The van der Waals surface area contributed by atoms with Crippen molar-refractivity contribution in [3.63, 3.8) is 0 Å². The minimum absolute atomic E-state index is 0.0567. The number of fused-ring (bicyclic) bond motifs is 2. The van der Waals surface area contributed by atoms with Gasteiger partial charge in [-0.25, -0.2) is 4.39 Å². The van der Waals surface area contributed by atoms with Gasteiger partial charge in [0.25, 0.3) is 5.56 Å². The van der Waals surface area contributed by atoms with Gasteiger partial charge in [-0.15, -0.1) is 10.2 Å². The van der Waals surface area contributed by atoms with E-state index in [1.54, 1.807) is 54.6 Å². The van der Waals surface area contributed by atoms with Crippen molar-refractivity contribution in [3.05, 3.63) is 82.9 Å². The number of hydrogen-bond acceptors (Lipinski definition) is 7. The van der Waals surface area contributed by atoms with Gasteiger partial charge in [0.1, 0.15) is 0 Å². The van der Waals surface area contributed by atoms with Crippen molar-refractivity contribution in [3.8, 4) is 22.5 Å². The number of pyridine rings is 3. The Labute approximate surface area is 197 Å². The van der Waals surface area contributed by atoms with Gasteiger partial charge in [0.2, 0.25) is 0 Å². The van der Waals surface area contributed by atoms with E-state index in [1.165, 1.54) is 15.0 Å². The first-order valence-electron chi connectivity index (χ1n) is 10.9. The van der Waals surface area contributed by atoms with E-state index < -0.39 is 11.9 Å². The van der Waals surface area contributed by atoms with E-state index in [1.807, 2.05) is 20.2 Å². The van der Waals surface area contributed by atoms with Crippen LogP contribution in [0.25, 0.3) is 39.0 Å². The van der Waals surface area contributed by atoms with E-state index >= 15 is 0 Å². The fraction of sp³-hybridized carbons (Fsp3) is 0.167. The van der Waals surface area contributed by atoms with Crippen LogP contribution in [-0.2, 0) is 7.05 Å². The number of rotatable bonds is 4. The summed E-state index contributed by atoms with van der Waals surface area (Å²) in [5.41, 5.74) is 3.20. The van der Waals surface area contributed by atoms with Gasteiger partial charge in [-0.2, -0.15) is 5.10 Å². The molecule has 0 amide bonds. The summed E-state index contributed by atoms with van der Waals surface area (Å²) >= 11 is 0. The van der Waals surface area contributed by atoms with Crippen molar-refractivity contribution in [2.75, 3.05) is 0 Å². The van der Waals surface area contributed by atoms with Crippen LogP contribution < -0.4 is 5.56 Å². The molecule has 10 nitrogen and oxygen atoms in total. The molecule has 0 aromatic carbocycles. The highest BCUT2D eigenvalue weighted by Crippen LogP contribution is 2.26. The molecule has 0 radical (unpaired) electrons. The zero-order valence-corrected chi connectivity index (χ0v) is 19.0.